The van der Waals surface area contributed by atoms with E-state index in [0.717, 1.165) is 26.0 Å². The molecule has 2 aliphatic rings. The molecule has 3 heteroatoms. The first-order valence-corrected chi connectivity index (χ1v) is 9.34. The van der Waals surface area contributed by atoms with E-state index in [1.807, 2.05) is 0 Å². The van der Waals surface area contributed by atoms with Gasteiger partial charge in [0.1, 0.15) is 0 Å². The smallest absolute Gasteiger partial charge is 0.0632 e. The maximum atomic E-state index is 5.87. The van der Waals surface area contributed by atoms with Crippen LogP contribution in [0.2, 0.25) is 0 Å². The summed E-state index contributed by atoms with van der Waals surface area (Å²) in [6.07, 6.45) is 6.94. The van der Waals surface area contributed by atoms with E-state index in [-0.39, 0.29) is 5.60 Å². The molecule has 0 bridgehead atoms. The Bertz CT molecular complexity index is 719. The molecule has 2 aliphatic heterocycles. The molecular weight excluding hydrogens is 296 g/mol. The van der Waals surface area contributed by atoms with E-state index in [9.17, 15) is 0 Å². The van der Waals surface area contributed by atoms with E-state index >= 15 is 0 Å². The monoisotopic (exact) mass is 324 g/mol. The van der Waals surface area contributed by atoms with Crippen LogP contribution in [0.4, 0.5) is 0 Å². The zero-order valence-electron chi connectivity index (χ0n) is 14.9. The van der Waals surface area contributed by atoms with Crippen LogP contribution in [0, 0.1) is 0 Å². The van der Waals surface area contributed by atoms with Crippen molar-refractivity contribution in [2.45, 2.75) is 57.6 Å². The van der Waals surface area contributed by atoms with Gasteiger partial charge < -0.3 is 4.74 Å². The standard InChI is InChI=1S/C21H28N2O/c1-21(2)13-18(7-10-24-21)16-5-6-17-12-20(22-14-19(17)11-16)15-23-8-3-4-9-23/h5-6,11-12,14,18H,3-4,7-10,13,15H2,1-2H3/t18-/m1/s1. The summed E-state index contributed by atoms with van der Waals surface area (Å²) in [4.78, 5) is 7.23. The minimum Gasteiger partial charge on any atom is -0.376 e. The zero-order chi connectivity index (χ0) is 16.6. The minimum absolute atomic E-state index is 0.00426. The van der Waals surface area contributed by atoms with Crippen LogP contribution >= 0.6 is 0 Å². The van der Waals surface area contributed by atoms with Crippen LogP contribution in [0.1, 0.15) is 56.7 Å². The molecular formula is C21H28N2O. The van der Waals surface area contributed by atoms with E-state index < -0.39 is 0 Å². The second-order valence-corrected chi connectivity index (χ2v) is 8.06. The first-order chi connectivity index (χ1) is 11.6. The van der Waals surface area contributed by atoms with Crippen molar-refractivity contribution in [3.8, 4) is 0 Å². The van der Waals surface area contributed by atoms with E-state index in [2.05, 4.69) is 49.2 Å². The summed E-state index contributed by atoms with van der Waals surface area (Å²) in [5.74, 6) is 0.599. The number of aromatic nitrogens is 1. The zero-order valence-corrected chi connectivity index (χ0v) is 14.9. The molecule has 2 aromatic rings. The third kappa shape index (κ3) is 3.47. The molecule has 3 nitrogen and oxygen atoms in total. The lowest BCUT2D eigenvalue weighted by atomic mass is 9.83. The summed E-state index contributed by atoms with van der Waals surface area (Å²) >= 11 is 0. The fourth-order valence-electron chi connectivity index (χ4n) is 4.23. The van der Waals surface area contributed by atoms with E-state index in [1.165, 1.54) is 48.0 Å². The van der Waals surface area contributed by atoms with Gasteiger partial charge in [-0.1, -0.05) is 12.1 Å². The van der Waals surface area contributed by atoms with Crippen LogP contribution in [-0.4, -0.2) is 35.2 Å². The summed E-state index contributed by atoms with van der Waals surface area (Å²) in [7, 11) is 0. The number of pyridine rings is 1. The van der Waals surface area contributed by atoms with Gasteiger partial charge in [0.05, 0.1) is 11.3 Å². The predicted octanol–water partition coefficient (Wildman–Crippen LogP) is 4.50. The number of hydrogen-bond donors (Lipinski definition) is 0. The molecule has 4 rings (SSSR count). The second kappa shape index (κ2) is 6.45. The first-order valence-electron chi connectivity index (χ1n) is 9.34. The SMILES string of the molecule is CC1(C)C[C@H](c2ccc3cc(CN4CCCC4)ncc3c2)CCO1. The highest BCUT2D eigenvalue weighted by Crippen LogP contribution is 2.36. The summed E-state index contributed by atoms with van der Waals surface area (Å²) in [6, 6.07) is 9.20. The van der Waals surface area contributed by atoms with Crippen molar-refractivity contribution in [3.63, 3.8) is 0 Å². The Morgan fingerprint density at radius 2 is 2.00 bits per heavy atom. The van der Waals surface area contributed by atoms with Crippen LogP contribution in [0.5, 0.6) is 0 Å². The number of benzene rings is 1. The topological polar surface area (TPSA) is 25.4 Å². The molecule has 1 atom stereocenters. The molecule has 3 heterocycles. The van der Waals surface area contributed by atoms with Crippen molar-refractivity contribution in [1.29, 1.82) is 0 Å². The number of likely N-dealkylation sites (tertiary alicyclic amines) is 1. The van der Waals surface area contributed by atoms with Crippen molar-refractivity contribution in [1.82, 2.24) is 9.88 Å². The predicted molar refractivity (Wildman–Crippen MR) is 98.3 cm³/mol. The van der Waals surface area contributed by atoms with E-state index in [1.54, 1.807) is 0 Å². The van der Waals surface area contributed by atoms with Crippen LogP contribution in [0.15, 0.2) is 30.5 Å². The second-order valence-electron chi connectivity index (χ2n) is 8.06. The van der Waals surface area contributed by atoms with Gasteiger partial charge in [-0.3, -0.25) is 9.88 Å². The van der Waals surface area contributed by atoms with Crippen LogP contribution in [-0.2, 0) is 11.3 Å². The minimum atomic E-state index is -0.00426. The maximum absolute atomic E-state index is 5.87. The maximum Gasteiger partial charge on any atom is 0.0632 e. The van der Waals surface area contributed by atoms with Gasteiger partial charge in [-0.2, -0.15) is 0 Å². The van der Waals surface area contributed by atoms with Crippen LogP contribution < -0.4 is 0 Å². The Hall–Kier alpha value is -1.45. The average Bonchev–Trinajstić information content (AvgIpc) is 3.06. The highest BCUT2D eigenvalue weighted by molar-refractivity contribution is 5.82. The van der Waals surface area contributed by atoms with Crippen molar-refractivity contribution in [2.24, 2.45) is 0 Å². The summed E-state index contributed by atoms with van der Waals surface area (Å²) in [6.45, 7) is 8.70. The largest absolute Gasteiger partial charge is 0.376 e. The quantitative estimate of drug-likeness (QED) is 0.831. The molecule has 128 valence electrons. The molecule has 24 heavy (non-hydrogen) atoms. The van der Waals surface area contributed by atoms with Crippen molar-refractivity contribution >= 4 is 10.8 Å². The van der Waals surface area contributed by atoms with Crippen molar-refractivity contribution < 1.29 is 4.74 Å². The highest BCUT2D eigenvalue weighted by atomic mass is 16.5. The van der Waals surface area contributed by atoms with Gasteiger partial charge in [0.2, 0.25) is 0 Å². The van der Waals surface area contributed by atoms with E-state index in [4.69, 9.17) is 9.72 Å². The summed E-state index contributed by atoms with van der Waals surface area (Å²) in [5, 5.41) is 2.58. The van der Waals surface area contributed by atoms with Gasteiger partial charge in [-0.05, 0) is 81.6 Å². The van der Waals surface area contributed by atoms with Gasteiger partial charge in [0.25, 0.3) is 0 Å². The van der Waals surface area contributed by atoms with Gasteiger partial charge in [-0.15, -0.1) is 0 Å². The van der Waals surface area contributed by atoms with Crippen LogP contribution in [0.3, 0.4) is 0 Å². The molecule has 0 unspecified atom stereocenters. The first kappa shape index (κ1) is 16.0. The number of fused-ring (bicyclic) bond motifs is 1. The van der Waals surface area contributed by atoms with Gasteiger partial charge in [0, 0.05) is 24.7 Å². The number of nitrogens with zero attached hydrogens (tertiary/aromatic N) is 2. The lowest BCUT2D eigenvalue weighted by Crippen LogP contribution is -2.32. The normalized spacial score (nSPS) is 24.5. The third-order valence-corrected chi connectivity index (χ3v) is 5.56. The summed E-state index contributed by atoms with van der Waals surface area (Å²) < 4.78 is 5.87. The molecule has 0 saturated carbocycles. The number of rotatable bonds is 3. The highest BCUT2D eigenvalue weighted by Gasteiger charge is 2.29. The lowest BCUT2D eigenvalue weighted by molar-refractivity contribution is -0.0592. The van der Waals surface area contributed by atoms with Gasteiger partial charge >= 0.3 is 0 Å². The molecule has 0 spiro atoms. The van der Waals surface area contributed by atoms with Crippen molar-refractivity contribution in [3.05, 3.63) is 41.7 Å². The molecule has 0 aliphatic carbocycles. The molecule has 1 aromatic carbocycles. The molecule has 0 radical (unpaired) electrons. The fraction of sp³-hybridized carbons (Fsp3) is 0.571. The van der Waals surface area contributed by atoms with E-state index in [0.29, 0.717) is 5.92 Å². The number of hydrogen-bond acceptors (Lipinski definition) is 3. The Kier molecular flexibility index (Phi) is 4.31. The van der Waals surface area contributed by atoms with Crippen LogP contribution in [0.25, 0.3) is 10.8 Å². The molecule has 2 saturated heterocycles. The molecule has 2 fully saturated rings. The third-order valence-electron chi connectivity index (χ3n) is 5.56. The molecule has 1 aromatic heterocycles. The average molecular weight is 324 g/mol. The Balaban J connectivity index is 1.55. The van der Waals surface area contributed by atoms with Crippen molar-refractivity contribution in [2.75, 3.05) is 19.7 Å². The molecule has 0 amide bonds. The Morgan fingerprint density at radius 3 is 2.79 bits per heavy atom. The van der Waals surface area contributed by atoms with Gasteiger partial charge in [-0.25, -0.2) is 0 Å². The summed E-state index contributed by atoms with van der Waals surface area (Å²) in [5.41, 5.74) is 2.63. The number of ether oxygens (including phenoxy) is 1. The Morgan fingerprint density at radius 1 is 1.17 bits per heavy atom. The Labute approximate surface area is 145 Å². The molecule has 0 N–H and O–H groups in total. The van der Waals surface area contributed by atoms with Gasteiger partial charge in [0.15, 0.2) is 0 Å². The fourth-order valence-corrected chi connectivity index (χ4v) is 4.23. The lowest BCUT2D eigenvalue weighted by Gasteiger charge is -2.35.